The lowest BCUT2D eigenvalue weighted by Gasteiger charge is -2.10. The first kappa shape index (κ1) is 14.2. The van der Waals surface area contributed by atoms with Crippen LogP contribution in [-0.2, 0) is 16.6 Å². The van der Waals surface area contributed by atoms with E-state index in [2.05, 4.69) is 30.7 Å². The van der Waals surface area contributed by atoms with Gasteiger partial charge in [0.05, 0.1) is 5.75 Å². The Hall–Kier alpha value is -0.870. The van der Waals surface area contributed by atoms with Crippen molar-refractivity contribution in [1.82, 2.24) is 4.72 Å². The third-order valence-corrected chi connectivity index (χ3v) is 4.38. The van der Waals surface area contributed by atoms with Crippen molar-refractivity contribution in [2.45, 2.75) is 39.7 Å². The monoisotopic (exact) mass is 255 g/mol. The largest absolute Gasteiger partial charge is 0.212 e. The third-order valence-electron chi connectivity index (χ3n) is 3.04. The molecule has 0 saturated carbocycles. The fourth-order valence-corrected chi connectivity index (χ4v) is 2.09. The van der Waals surface area contributed by atoms with Gasteiger partial charge in [0.2, 0.25) is 10.0 Å². The lowest BCUT2D eigenvalue weighted by Crippen LogP contribution is -2.24. The summed E-state index contributed by atoms with van der Waals surface area (Å²) in [6.07, 6.45) is 1.11. The molecule has 0 radical (unpaired) electrons. The predicted molar refractivity (Wildman–Crippen MR) is 71.4 cm³/mol. The van der Waals surface area contributed by atoms with Gasteiger partial charge in [-0.05, 0) is 30.4 Å². The summed E-state index contributed by atoms with van der Waals surface area (Å²) in [4.78, 5) is 0. The predicted octanol–water partition coefficient (Wildman–Crippen LogP) is 2.64. The zero-order valence-corrected chi connectivity index (χ0v) is 11.5. The fourth-order valence-electron chi connectivity index (χ4n) is 1.50. The van der Waals surface area contributed by atoms with Crippen molar-refractivity contribution < 1.29 is 8.42 Å². The molecule has 1 atom stereocenters. The van der Waals surface area contributed by atoms with Crippen LogP contribution in [0.1, 0.15) is 44.2 Å². The normalized spacial score (nSPS) is 13.6. The molecule has 1 aromatic rings. The molecule has 0 saturated heterocycles. The second kappa shape index (κ2) is 6.17. The van der Waals surface area contributed by atoms with Gasteiger partial charge in [0.25, 0.3) is 0 Å². The summed E-state index contributed by atoms with van der Waals surface area (Å²) in [5.74, 6) is 0.675. The Bertz CT molecular complexity index is 437. The minimum Gasteiger partial charge on any atom is -0.212 e. The zero-order chi connectivity index (χ0) is 12.9. The summed E-state index contributed by atoms with van der Waals surface area (Å²) in [5, 5.41) is 0. The molecule has 0 heterocycles. The molecule has 0 aliphatic rings. The van der Waals surface area contributed by atoms with Crippen molar-refractivity contribution in [2.75, 3.05) is 5.75 Å². The van der Waals surface area contributed by atoms with Gasteiger partial charge in [-0.3, -0.25) is 0 Å². The molecule has 96 valence electrons. The van der Waals surface area contributed by atoms with Crippen LogP contribution in [0, 0.1) is 0 Å². The van der Waals surface area contributed by atoms with Gasteiger partial charge in [0, 0.05) is 6.54 Å². The van der Waals surface area contributed by atoms with E-state index < -0.39 is 10.0 Å². The molecule has 1 unspecified atom stereocenters. The Morgan fingerprint density at radius 1 is 1.18 bits per heavy atom. The highest BCUT2D eigenvalue weighted by molar-refractivity contribution is 7.89. The van der Waals surface area contributed by atoms with E-state index in [1.807, 2.05) is 12.1 Å². The smallest absolute Gasteiger partial charge is 0.211 e. The molecule has 1 aromatic carbocycles. The van der Waals surface area contributed by atoms with Gasteiger partial charge in [-0.15, -0.1) is 0 Å². The Morgan fingerprint density at radius 2 is 1.76 bits per heavy atom. The first-order chi connectivity index (χ1) is 7.98. The number of sulfonamides is 1. The van der Waals surface area contributed by atoms with E-state index in [0.29, 0.717) is 12.5 Å². The molecule has 0 spiro atoms. The Labute approximate surface area is 104 Å². The third kappa shape index (κ3) is 4.48. The number of nitrogens with one attached hydrogen (secondary N) is 1. The maximum atomic E-state index is 11.3. The minimum atomic E-state index is -3.10. The number of hydrogen-bond acceptors (Lipinski definition) is 2. The van der Waals surface area contributed by atoms with Crippen molar-refractivity contribution in [3.63, 3.8) is 0 Å². The van der Waals surface area contributed by atoms with E-state index in [1.165, 1.54) is 5.56 Å². The lowest BCUT2D eigenvalue weighted by molar-refractivity contribution is 0.582. The molecule has 0 bridgehead atoms. The Balaban J connectivity index is 2.63. The molecule has 0 fully saturated rings. The fraction of sp³-hybridized carbons (Fsp3) is 0.538. The van der Waals surface area contributed by atoms with E-state index in [4.69, 9.17) is 0 Å². The van der Waals surface area contributed by atoms with Gasteiger partial charge in [0.15, 0.2) is 0 Å². The first-order valence-electron chi connectivity index (χ1n) is 6.04. The number of hydrogen-bond donors (Lipinski definition) is 1. The molecule has 4 heteroatoms. The first-order valence-corrected chi connectivity index (χ1v) is 7.70. The molecule has 1 N–H and O–H groups in total. The van der Waals surface area contributed by atoms with Gasteiger partial charge < -0.3 is 0 Å². The molecular formula is C13H21NO2S. The van der Waals surface area contributed by atoms with Crippen molar-refractivity contribution >= 4 is 10.0 Å². The SMILES string of the molecule is CCC(C)c1ccc(CNS(=O)(=O)CC)cc1. The van der Waals surface area contributed by atoms with Gasteiger partial charge in [-0.25, -0.2) is 13.1 Å². The van der Waals surface area contributed by atoms with E-state index in [-0.39, 0.29) is 5.75 Å². The van der Waals surface area contributed by atoms with Crippen LogP contribution >= 0.6 is 0 Å². The van der Waals surface area contributed by atoms with Crippen LogP contribution in [0.5, 0.6) is 0 Å². The summed E-state index contributed by atoms with van der Waals surface area (Å²) in [7, 11) is -3.10. The van der Waals surface area contributed by atoms with Crippen LogP contribution in [-0.4, -0.2) is 14.2 Å². The quantitative estimate of drug-likeness (QED) is 0.849. The summed E-state index contributed by atoms with van der Waals surface area (Å²) < 4.78 is 25.1. The average molecular weight is 255 g/mol. The Kier molecular flexibility index (Phi) is 5.15. The van der Waals surface area contributed by atoms with E-state index in [1.54, 1.807) is 6.92 Å². The summed E-state index contributed by atoms with van der Waals surface area (Å²) in [5.41, 5.74) is 2.30. The van der Waals surface area contributed by atoms with Crippen LogP contribution in [0.2, 0.25) is 0 Å². The number of rotatable bonds is 6. The zero-order valence-electron chi connectivity index (χ0n) is 10.7. The van der Waals surface area contributed by atoms with Crippen molar-refractivity contribution in [3.05, 3.63) is 35.4 Å². The molecule has 0 aromatic heterocycles. The van der Waals surface area contributed by atoms with Gasteiger partial charge in [0.1, 0.15) is 0 Å². The summed E-state index contributed by atoms with van der Waals surface area (Å²) >= 11 is 0. The van der Waals surface area contributed by atoms with Crippen LogP contribution in [0.3, 0.4) is 0 Å². The topological polar surface area (TPSA) is 46.2 Å². The molecule has 17 heavy (non-hydrogen) atoms. The van der Waals surface area contributed by atoms with Crippen LogP contribution in [0.15, 0.2) is 24.3 Å². The molecule has 3 nitrogen and oxygen atoms in total. The highest BCUT2D eigenvalue weighted by Gasteiger charge is 2.06. The standard InChI is InChI=1S/C13H21NO2S/c1-4-11(3)13-8-6-12(7-9-13)10-14-17(15,16)5-2/h6-9,11,14H,4-5,10H2,1-3H3. The summed E-state index contributed by atoms with van der Waals surface area (Å²) in [6, 6.07) is 8.12. The van der Waals surface area contributed by atoms with Crippen LogP contribution in [0.4, 0.5) is 0 Å². The highest BCUT2D eigenvalue weighted by Crippen LogP contribution is 2.18. The minimum absolute atomic E-state index is 0.123. The average Bonchev–Trinajstić information content (AvgIpc) is 2.36. The molecule has 0 aliphatic carbocycles. The number of benzene rings is 1. The Morgan fingerprint density at radius 3 is 2.24 bits per heavy atom. The van der Waals surface area contributed by atoms with Crippen molar-refractivity contribution in [1.29, 1.82) is 0 Å². The van der Waals surface area contributed by atoms with Crippen LogP contribution < -0.4 is 4.72 Å². The second-order valence-corrected chi connectivity index (χ2v) is 6.37. The maximum absolute atomic E-state index is 11.3. The second-order valence-electron chi connectivity index (χ2n) is 4.28. The van der Waals surface area contributed by atoms with Gasteiger partial charge in [-0.1, -0.05) is 38.1 Å². The van der Waals surface area contributed by atoms with E-state index in [0.717, 1.165) is 12.0 Å². The highest BCUT2D eigenvalue weighted by atomic mass is 32.2. The van der Waals surface area contributed by atoms with Crippen LogP contribution in [0.25, 0.3) is 0 Å². The molecule has 0 amide bonds. The van der Waals surface area contributed by atoms with Gasteiger partial charge in [-0.2, -0.15) is 0 Å². The van der Waals surface area contributed by atoms with Crippen molar-refractivity contribution in [2.24, 2.45) is 0 Å². The van der Waals surface area contributed by atoms with Gasteiger partial charge >= 0.3 is 0 Å². The summed E-state index contributed by atoms with van der Waals surface area (Å²) in [6.45, 7) is 6.36. The van der Waals surface area contributed by atoms with Crippen molar-refractivity contribution in [3.8, 4) is 0 Å². The molecular weight excluding hydrogens is 234 g/mol. The molecule has 0 aliphatic heterocycles. The van der Waals surface area contributed by atoms with E-state index in [9.17, 15) is 8.42 Å². The molecule has 1 rings (SSSR count). The van der Waals surface area contributed by atoms with E-state index >= 15 is 0 Å². The lowest BCUT2D eigenvalue weighted by atomic mass is 9.98. The maximum Gasteiger partial charge on any atom is 0.211 e.